The highest BCUT2D eigenvalue weighted by Crippen LogP contribution is 2.36. The smallest absolute Gasteiger partial charge is 0.345 e. The van der Waals surface area contributed by atoms with Gasteiger partial charge in [0.25, 0.3) is 5.91 Å². The van der Waals surface area contributed by atoms with E-state index in [1.807, 2.05) is 24.3 Å². The zero-order valence-corrected chi connectivity index (χ0v) is 22.6. The lowest BCUT2D eigenvalue weighted by molar-refractivity contribution is -0.123. The van der Waals surface area contributed by atoms with E-state index in [2.05, 4.69) is 45.1 Å². The maximum absolute atomic E-state index is 12.2. The Bertz CT molecular complexity index is 1240. The molecule has 0 fully saturated rings. The van der Waals surface area contributed by atoms with Gasteiger partial charge in [0.2, 0.25) is 0 Å². The standard InChI is InChI=1S/C30H33ClN2O4/c1-29(2,3)20-30(4,5)22-12-16-23(17-13-22)36-19-27(34)33-32-18-21-10-14-24(15-11-21)37-28(35)25-8-6-7-9-26(25)31/h6-18H,19-20H2,1-5H3,(H,33,34). The lowest BCUT2D eigenvalue weighted by Crippen LogP contribution is -2.25. The highest BCUT2D eigenvalue weighted by atomic mass is 35.5. The van der Waals surface area contributed by atoms with Crippen molar-refractivity contribution in [2.45, 2.75) is 46.5 Å². The summed E-state index contributed by atoms with van der Waals surface area (Å²) in [5.41, 5.74) is 4.95. The van der Waals surface area contributed by atoms with Gasteiger partial charge >= 0.3 is 5.97 Å². The number of hydrogen-bond donors (Lipinski definition) is 1. The zero-order chi connectivity index (χ0) is 27.1. The van der Waals surface area contributed by atoms with E-state index in [9.17, 15) is 9.59 Å². The zero-order valence-electron chi connectivity index (χ0n) is 21.9. The Hall–Kier alpha value is -3.64. The van der Waals surface area contributed by atoms with Gasteiger partial charge in [0.05, 0.1) is 16.8 Å². The average molecular weight is 521 g/mol. The molecular weight excluding hydrogens is 488 g/mol. The van der Waals surface area contributed by atoms with Crippen molar-refractivity contribution in [2.75, 3.05) is 6.61 Å². The predicted octanol–water partition coefficient (Wildman–Crippen LogP) is 6.80. The summed E-state index contributed by atoms with van der Waals surface area (Å²) in [6.07, 6.45) is 2.54. The molecule has 1 N–H and O–H groups in total. The number of esters is 1. The van der Waals surface area contributed by atoms with Crippen LogP contribution in [0.5, 0.6) is 11.5 Å². The van der Waals surface area contributed by atoms with E-state index in [1.54, 1.807) is 48.5 Å². The van der Waals surface area contributed by atoms with E-state index >= 15 is 0 Å². The summed E-state index contributed by atoms with van der Waals surface area (Å²) in [6.45, 7) is 11.0. The van der Waals surface area contributed by atoms with E-state index in [4.69, 9.17) is 21.1 Å². The molecule has 0 aliphatic carbocycles. The van der Waals surface area contributed by atoms with E-state index in [0.29, 0.717) is 27.6 Å². The van der Waals surface area contributed by atoms with Crippen LogP contribution >= 0.6 is 11.6 Å². The summed E-state index contributed by atoms with van der Waals surface area (Å²) < 4.78 is 10.9. The second-order valence-electron chi connectivity index (χ2n) is 10.7. The van der Waals surface area contributed by atoms with Gasteiger partial charge in [-0.15, -0.1) is 0 Å². The van der Waals surface area contributed by atoms with Crippen molar-refractivity contribution in [3.05, 3.63) is 94.5 Å². The number of benzene rings is 3. The lowest BCUT2D eigenvalue weighted by Gasteiger charge is -2.33. The van der Waals surface area contributed by atoms with E-state index in [1.165, 1.54) is 11.8 Å². The Morgan fingerprint density at radius 3 is 2.14 bits per heavy atom. The largest absolute Gasteiger partial charge is 0.484 e. The van der Waals surface area contributed by atoms with E-state index in [0.717, 1.165) is 6.42 Å². The van der Waals surface area contributed by atoms with E-state index in [-0.39, 0.29) is 23.3 Å². The Labute approximate surface area is 223 Å². The minimum absolute atomic E-state index is 0.0400. The molecule has 0 heterocycles. The molecule has 1 amide bonds. The molecular formula is C30H33ClN2O4. The number of carbonyl (C=O) groups excluding carboxylic acids is 2. The molecule has 3 rings (SSSR count). The van der Waals surface area contributed by atoms with Gasteiger partial charge in [0.15, 0.2) is 6.61 Å². The van der Waals surface area contributed by atoms with Crippen LogP contribution in [-0.2, 0) is 10.2 Å². The van der Waals surface area contributed by atoms with Gasteiger partial charge in [0.1, 0.15) is 11.5 Å². The Morgan fingerprint density at radius 2 is 1.51 bits per heavy atom. The second kappa shape index (κ2) is 12.1. The molecule has 0 spiro atoms. The summed E-state index contributed by atoms with van der Waals surface area (Å²) in [7, 11) is 0. The van der Waals surface area contributed by atoms with Crippen LogP contribution in [0.3, 0.4) is 0 Å². The fraction of sp³-hybridized carbons (Fsp3) is 0.300. The molecule has 3 aromatic carbocycles. The molecule has 37 heavy (non-hydrogen) atoms. The number of nitrogens with one attached hydrogen (secondary N) is 1. The van der Waals surface area contributed by atoms with Crippen LogP contribution in [0.15, 0.2) is 77.9 Å². The number of ether oxygens (including phenoxy) is 2. The van der Waals surface area contributed by atoms with Crippen LogP contribution in [0.25, 0.3) is 0 Å². The van der Waals surface area contributed by atoms with Crippen LogP contribution in [0.4, 0.5) is 0 Å². The Morgan fingerprint density at radius 1 is 0.892 bits per heavy atom. The first-order chi connectivity index (χ1) is 17.4. The maximum Gasteiger partial charge on any atom is 0.345 e. The molecule has 0 atom stereocenters. The van der Waals surface area contributed by atoms with Gasteiger partial charge in [-0.2, -0.15) is 5.10 Å². The van der Waals surface area contributed by atoms with E-state index < -0.39 is 5.97 Å². The van der Waals surface area contributed by atoms with Gasteiger partial charge in [-0.1, -0.05) is 70.5 Å². The molecule has 7 heteroatoms. The molecule has 3 aromatic rings. The van der Waals surface area contributed by atoms with Crippen LogP contribution in [0.1, 0.15) is 62.5 Å². The van der Waals surface area contributed by atoms with Crippen molar-refractivity contribution in [1.82, 2.24) is 5.43 Å². The van der Waals surface area contributed by atoms with Crippen LogP contribution < -0.4 is 14.9 Å². The first kappa shape index (κ1) is 27.9. The SMILES string of the molecule is CC(C)(C)CC(C)(C)c1ccc(OCC(=O)NN=Cc2ccc(OC(=O)c3ccccc3Cl)cc2)cc1. The Balaban J connectivity index is 1.45. The summed E-state index contributed by atoms with van der Waals surface area (Å²) in [6, 6.07) is 21.2. The van der Waals surface area contributed by atoms with Crippen LogP contribution in [0, 0.1) is 5.41 Å². The molecule has 0 saturated heterocycles. The predicted molar refractivity (Wildman–Crippen MR) is 148 cm³/mol. The van der Waals surface area contributed by atoms with Gasteiger partial charge in [-0.05, 0) is 76.9 Å². The molecule has 0 unspecified atom stereocenters. The molecule has 0 aliphatic rings. The normalized spacial score (nSPS) is 11.8. The third-order valence-corrected chi connectivity index (χ3v) is 5.89. The van der Waals surface area contributed by atoms with Crippen molar-refractivity contribution >= 4 is 29.7 Å². The molecule has 6 nitrogen and oxygen atoms in total. The van der Waals surface area contributed by atoms with Crippen LogP contribution in [0.2, 0.25) is 5.02 Å². The number of amides is 1. The molecule has 0 aromatic heterocycles. The summed E-state index contributed by atoms with van der Waals surface area (Å²) in [5.74, 6) is 0.0740. The second-order valence-corrected chi connectivity index (χ2v) is 11.1. The monoisotopic (exact) mass is 520 g/mol. The topological polar surface area (TPSA) is 77.0 Å². The minimum atomic E-state index is -0.539. The minimum Gasteiger partial charge on any atom is -0.484 e. The quantitative estimate of drug-likeness (QED) is 0.146. The number of hydrogen-bond acceptors (Lipinski definition) is 5. The molecule has 0 bridgehead atoms. The third kappa shape index (κ3) is 8.76. The maximum atomic E-state index is 12.2. The number of nitrogens with zero attached hydrogens (tertiary/aromatic N) is 1. The molecule has 0 radical (unpaired) electrons. The number of carbonyl (C=O) groups is 2. The van der Waals surface area contributed by atoms with Gasteiger partial charge in [-0.3, -0.25) is 4.79 Å². The highest BCUT2D eigenvalue weighted by Gasteiger charge is 2.27. The van der Waals surface area contributed by atoms with Crippen molar-refractivity contribution in [3.63, 3.8) is 0 Å². The number of hydrazone groups is 1. The number of rotatable bonds is 9. The summed E-state index contributed by atoms with van der Waals surface area (Å²) in [5, 5.41) is 4.28. The highest BCUT2D eigenvalue weighted by molar-refractivity contribution is 6.33. The Kier molecular flexibility index (Phi) is 9.11. The molecule has 0 aliphatic heterocycles. The van der Waals surface area contributed by atoms with Crippen LogP contribution in [-0.4, -0.2) is 24.7 Å². The number of halogens is 1. The van der Waals surface area contributed by atoms with Crippen molar-refractivity contribution in [2.24, 2.45) is 10.5 Å². The first-order valence-electron chi connectivity index (χ1n) is 12.0. The first-order valence-corrected chi connectivity index (χ1v) is 12.4. The van der Waals surface area contributed by atoms with Crippen molar-refractivity contribution in [1.29, 1.82) is 0 Å². The van der Waals surface area contributed by atoms with Gasteiger partial charge in [-0.25, -0.2) is 10.2 Å². The molecule has 0 saturated carbocycles. The summed E-state index contributed by atoms with van der Waals surface area (Å²) in [4.78, 5) is 24.4. The lowest BCUT2D eigenvalue weighted by atomic mass is 9.72. The van der Waals surface area contributed by atoms with Crippen molar-refractivity contribution in [3.8, 4) is 11.5 Å². The molecule has 194 valence electrons. The third-order valence-electron chi connectivity index (χ3n) is 5.57. The van der Waals surface area contributed by atoms with Gasteiger partial charge in [0, 0.05) is 0 Å². The fourth-order valence-electron chi connectivity index (χ4n) is 4.20. The van der Waals surface area contributed by atoms with Gasteiger partial charge < -0.3 is 9.47 Å². The fourth-order valence-corrected chi connectivity index (χ4v) is 4.41. The summed E-state index contributed by atoms with van der Waals surface area (Å²) >= 11 is 6.03. The van der Waals surface area contributed by atoms with Crippen molar-refractivity contribution < 1.29 is 19.1 Å². The average Bonchev–Trinajstić information content (AvgIpc) is 2.83.